The van der Waals surface area contributed by atoms with E-state index in [0.29, 0.717) is 49.2 Å². The van der Waals surface area contributed by atoms with Crippen LogP contribution in [-0.4, -0.2) is 31.7 Å². The van der Waals surface area contributed by atoms with Gasteiger partial charge in [-0.25, -0.2) is 4.99 Å². The topological polar surface area (TPSA) is 92.3 Å². The molecule has 1 atom stereocenters. The maximum Gasteiger partial charge on any atom is 0.271 e. The molecule has 0 amide bonds. The second kappa shape index (κ2) is 9.34. The normalized spacial score (nSPS) is 15.7. The molecule has 0 radical (unpaired) electrons. The summed E-state index contributed by atoms with van der Waals surface area (Å²) in [5.74, 6) is 2.54. The van der Waals surface area contributed by atoms with Gasteiger partial charge in [0.05, 0.1) is 31.9 Å². The SMILES string of the molecule is CCC(=O)C1=C(C)N=c2s/c(=C\c3ccc(C)o3)c(=O)n2C1c1cc(OC)c(OC)c(OC)c1. The number of rotatable bonds is 7. The summed E-state index contributed by atoms with van der Waals surface area (Å²) >= 11 is 1.25. The first-order valence-corrected chi connectivity index (χ1v) is 11.6. The highest BCUT2D eigenvalue weighted by Gasteiger charge is 2.33. The molecule has 1 aromatic carbocycles. The van der Waals surface area contributed by atoms with Crippen molar-refractivity contribution in [2.24, 2.45) is 4.99 Å². The van der Waals surface area contributed by atoms with E-state index in [1.54, 1.807) is 36.6 Å². The van der Waals surface area contributed by atoms with Crippen LogP contribution in [0.2, 0.25) is 0 Å². The second-order valence-corrected chi connectivity index (χ2v) is 8.77. The number of furan rings is 1. The highest BCUT2D eigenvalue weighted by molar-refractivity contribution is 7.07. The van der Waals surface area contributed by atoms with Gasteiger partial charge in [0.15, 0.2) is 22.1 Å². The molecule has 8 nitrogen and oxygen atoms in total. The molecule has 0 saturated heterocycles. The summed E-state index contributed by atoms with van der Waals surface area (Å²) in [4.78, 5) is 31.8. The fraction of sp³-hybridized carbons (Fsp3) is 0.320. The van der Waals surface area contributed by atoms with E-state index in [0.717, 1.165) is 5.76 Å². The number of ether oxygens (including phenoxy) is 3. The van der Waals surface area contributed by atoms with Crippen molar-refractivity contribution in [2.75, 3.05) is 21.3 Å². The van der Waals surface area contributed by atoms with Crippen molar-refractivity contribution >= 4 is 23.2 Å². The molecule has 0 bridgehead atoms. The number of methoxy groups -OCH3 is 3. The number of hydrogen-bond acceptors (Lipinski definition) is 8. The van der Waals surface area contributed by atoms with Gasteiger partial charge >= 0.3 is 0 Å². The summed E-state index contributed by atoms with van der Waals surface area (Å²) in [6.07, 6.45) is 1.98. The third-order valence-corrected chi connectivity index (χ3v) is 6.66. The van der Waals surface area contributed by atoms with E-state index in [1.165, 1.54) is 32.7 Å². The number of benzene rings is 1. The van der Waals surface area contributed by atoms with Crippen LogP contribution in [0.25, 0.3) is 6.08 Å². The lowest BCUT2D eigenvalue weighted by atomic mass is 9.91. The maximum atomic E-state index is 13.6. The molecule has 178 valence electrons. The average molecular weight is 483 g/mol. The number of Topliss-reactive ketones (excluding diaryl/α,β-unsaturated/α-hetero) is 1. The van der Waals surface area contributed by atoms with Gasteiger partial charge in [0, 0.05) is 23.8 Å². The van der Waals surface area contributed by atoms with Crippen LogP contribution in [-0.2, 0) is 4.79 Å². The van der Waals surface area contributed by atoms with Crippen molar-refractivity contribution in [3.05, 3.63) is 72.3 Å². The molecule has 1 aliphatic rings. The molecule has 1 unspecified atom stereocenters. The van der Waals surface area contributed by atoms with Crippen molar-refractivity contribution in [1.82, 2.24) is 4.57 Å². The Morgan fingerprint density at radius 3 is 2.35 bits per heavy atom. The van der Waals surface area contributed by atoms with Crippen molar-refractivity contribution in [2.45, 2.75) is 33.2 Å². The van der Waals surface area contributed by atoms with Crippen molar-refractivity contribution in [3.63, 3.8) is 0 Å². The predicted molar refractivity (Wildman–Crippen MR) is 129 cm³/mol. The minimum absolute atomic E-state index is 0.0871. The molecule has 4 rings (SSSR count). The van der Waals surface area contributed by atoms with Crippen LogP contribution in [0.1, 0.15) is 43.4 Å². The summed E-state index contributed by atoms with van der Waals surface area (Å²) in [5.41, 5.74) is 1.43. The number of carbonyl (C=O) groups is 1. The van der Waals surface area contributed by atoms with Gasteiger partial charge in [-0.3, -0.25) is 14.2 Å². The number of carbonyl (C=O) groups excluding carboxylic acids is 1. The van der Waals surface area contributed by atoms with E-state index < -0.39 is 6.04 Å². The summed E-state index contributed by atoms with van der Waals surface area (Å²) in [6, 6.07) is 6.48. The molecule has 2 aromatic heterocycles. The Hall–Kier alpha value is -3.59. The summed E-state index contributed by atoms with van der Waals surface area (Å²) in [6.45, 7) is 5.43. The second-order valence-electron chi connectivity index (χ2n) is 7.77. The lowest BCUT2D eigenvalue weighted by Gasteiger charge is -2.26. The molecule has 1 aliphatic heterocycles. The Balaban J connectivity index is 2.03. The van der Waals surface area contributed by atoms with Gasteiger partial charge in [-0.05, 0) is 43.7 Å². The van der Waals surface area contributed by atoms with Crippen LogP contribution in [0.4, 0.5) is 0 Å². The fourth-order valence-corrected chi connectivity index (χ4v) is 5.13. The van der Waals surface area contributed by atoms with E-state index in [2.05, 4.69) is 4.99 Å². The maximum absolute atomic E-state index is 13.6. The van der Waals surface area contributed by atoms with Gasteiger partial charge in [0.25, 0.3) is 5.56 Å². The molecule has 0 spiro atoms. The number of aromatic nitrogens is 1. The number of aryl methyl sites for hydroxylation is 1. The zero-order valence-electron chi connectivity index (χ0n) is 19.9. The molecule has 0 aliphatic carbocycles. The zero-order valence-corrected chi connectivity index (χ0v) is 20.7. The van der Waals surface area contributed by atoms with E-state index in [1.807, 2.05) is 19.1 Å². The van der Waals surface area contributed by atoms with E-state index >= 15 is 0 Å². The summed E-state index contributed by atoms with van der Waals surface area (Å²) in [5, 5.41) is 0. The zero-order chi connectivity index (χ0) is 24.6. The van der Waals surface area contributed by atoms with Gasteiger partial charge in [-0.2, -0.15) is 0 Å². The Kier molecular flexibility index (Phi) is 6.47. The first-order chi connectivity index (χ1) is 16.3. The van der Waals surface area contributed by atoms with Gasteiger partial charge in [-0.15, -0.1) is 0 Å². The molecular weight excluding hydrogens is 456 g/mol. The van der Waals surface area contributed by atoms with Crippen molar-refractivity contribution < 1.29 is 23.4 Å². The quantitative estimate of drug-likeness (QED) is 0.514. The molecule has 3 heterocycles. The molecule has 34 heavy (non-hydrogen) atoms. The smallest absolute Gasteiger partial charge is 0.271 e. The molecule has 9 heteroatoms. The minimum Gasteiger partial charge on any atom is -0.493 e. The molecule has 0 saturated carbocycles. The third-order valence-electron chi connectivity index (χ3n) is 5.68. The van der Waals surface area contributed by atoms with E-state index in [9.17, 15) is 9.59 Å². The first kappa shape index (κ1) is 23.6. The fourth-order valence-electron chi connectivity index (χ4n) is 4.10. The monoisotopic (exact) mass is 482 g/mol. The van der Waals surface area contributed by atoms with Crippen LogP contribution in [0.5, 0.6) is 17.2 Å². The number of ketones is 1. The van der Waals surface area contributed by atoms with Crippen molar-refractivity contribution in [3.8, 4) is 17.2 Å². The number of hydrogen-bond donors (Lipinski definition) is 0. The Labute approximate surface area is 200 Å². The summed E-state index contributed by atoms with van der Waals surface area (Å²) < 4.78 is 24.2. The van der Waals surface area contributed by atoms with Gasteiger partial charge in [0.1, 0.15) is 11.5 Å². The number of thiazole rings is 1. The lowest BCUT2D eigenvalue weighted by Crippen LogP contribution is -2.39. The van der Waals surface area contributed by atoms with Crippen LogP contribution in [0.3, 0.4) is 0 Å². The van der Waals surface area contributed by atoms with Crippen LogP contribution in [0.15, 0.2) is 49.7 Å². The average Bonchev–Trinajstić information content (AvgIpc) is 3.38. The highest BCUT2D eigenvalue weighted by Crippen LogP contribution is 2.42. The van der Waals surface area contributed by atoms with E-state index in [4.69, 9.17) is 18.6 Å². The minimum atomic E-state index is -0.696. The van der Waals surface area contributed by atoms with E-state index in [-0.39, 0.29) is 17.8 Å². The molecule has 0 fully saturated rings. The third kappa shape index (κ3) is 3.96. The first-order valence-electron chi connectivity index (χ1n) is 10.7. The predicted octanol–water partition coefficient (Wildman–Crippen LogP) is 3.14. The molecule has 3 aromatic rings. The molecule has 0 N–H and O–H groups in total. The standard InChI is InChI=1S/C25H26N2O6S/c1-7-17(28)21-14(3)26-25-27(24(29)20(34-25)12-16-9-8-13(2)33-16)22(21)15-10-18(30-4)23(32-6)19(11-15)31-5/h8-12,22H,7H2,1-6H3/b20-12-. The highest BCUT2D eigenvalue weighted by atomic mass is 32.1. The molecular formula is C25H26N2O6S. The Bertz CT molecular complexity index is 1450. The van der Waals surface area contributed by atoms with Crippen molar-refractivity contribution in [1.29, 1.82) is 0 Å². The van der Waals surface area contributed by atoms with Crippen LogP contribution < -0.4 is 29.1 Å². The van der Waals surface area contributed by atoms with Crippen LogP contribution >= 0.6 is 11.3 Å². The lowest BCUT2D eigenvalue weighted by molar-refractivity contribution is -0.115. The number of nitrogens with zero attached hydrogens (tertiary/aromatic N) is 2. The van der Waals surface area contributed by atoms with Gasteiger partial charge in [-0.1, -0.05) is 18.3 Å². The van der Waals surface area contributed by atoms with Crippen LogP contribution in [0, 0.1) is 6.92 Å². The Morgan fingerprint density at radius 2 is 1.82 bits per heavy atom. The number of fused-ring (bicyclic) bond motifs is 1. The largest absolute Gasteiger partial charge is 0.493 e. The number of allylic oxidation sites excluding steroid dienone is 2. The van der Waals surface area contributed by atoms with Gasteiger partial charge in [0.2, 0.25) is 5.75 Å². The Morgan fingerprint density at radius 1 is 1.15 bits per heavy atom. The van der Waals surface area contributed by atoms with Gasteiger partial charge < -0.3 is 18.6 Å². The summed E-state index contributed by atoms with van der Waals surface area (Å²) in [7, 11) is 4.57.